The van der Waals surface area contributed by atoms with Gasteiger partial charge in [-0.25, -0.2) is 0 Å². The van der Waals surface area contributed by atoms with Crippen LogP contribution in [-0.2, 0) is 28.6 Å². The SMILES string of the molecule is CCCC(=O)OCC(O)CNc1ccc(N2CCC(C)CC2=O)cc1.CCCC(=O)OCC1CO1. The maximum absolute atomic E-state index is 12.1. The number of anilines is 2. The number of hydrogen-bond donors (Lipinski definition) is 2. The molecular formula is C26H40N2O7. The van der Waals surface area contributed by atoms with E-state index in [1.54, 1.807) is 0 Å². The number of carbonyl (C=O) groups excluding carboxylic acids is 3. The van der Waals surface area contributed by atoms with E-state index in [2.05, 4.69) is 12.2 Å². The first-order valence-electron chi connectivity index (χ1n) is 12.6. The number of benzene rings is 1. The Morgan fingerprint density at radius 1 is 1.14 bits per heavy atom. The van der Waals surface area contributed by atoms with Crippen molar-refractivity contribution in [2.45, 2.75) is 71.5 Å². The van der Waals surface area contributed by atoms with E-state index in [0.29, 0.717) is 38.3 Å². The maximum Gasteiger partial charge on any atom is 0.305 e. The van der Waals surface area contributed by atoms with Gasteiger partial charge in [0.25, 0.3) is 0 Å². The van der Waals surface area contributed by atoms with Gasteiger partial charge in [-0.15, -0.1) is 0 Å². The molecule has 3 rings (SSSR count). The van der Waals surface area contributed by atoms with E-state index in [9.17, 15) is 19.5 Å². The zero-order chi connectivity index (χ0) is 25.6. The van der Waals surface area contributed by atoms with Crippen LogP contribution in [0.2, 0.25) is 0 Å². The quantitative estimate of drug-likeness (QED) is 0.337. The van der Waals surface area contributed by atoms with E-state index in [4.69, 9.17) is 14.2 Å². The van der Waals surface area contributed by atoms with Gasteiger partial charge in [0.05, 0.1) is 6.61 Å². The maximum atomic E-state index is 12.1. The molecule has 0 spiro atoms. The molecule has 1 aromatic carbocycles. The van der Waals surface area contributed by atoms with Crippen molar-refractivity contribution in [2.75, 3.05) is 43.1 Å². The smallest absolute Gasteiger partial charge is 0.305 e. The van der Waals surface area contributed by atoms with Gasteiger partial charge in [0, 0.05) is 43.7 Å². The Hall–Kier alpha value is -2.65. The molecule has 1 amide bonds. The molecule has 0 radical (unpaired) electrons. The molecule has 0 aromatic heterocycles. The van der Waals surface area contributed by atoms with Gasteiger partial charge in [0.2, 0.25) is 5.91 Å². The third-order valence-corrected chi connectivity index (χ3v) is 5.57. The summed E-state index contributed by atoms with van der Waals surface area (Å²) in [5, 5.41) is 13.0. The summed E-state index contributed by atoms with van der Waals surface area (Å²) in [7, 11) is 0. The van der Waals surface area contributed by atoms with Gasteiger partial charge < -0.3 is 29.5 Å². The molecule has 2 aliphatic rings. The van der Waals surface area contributed by atoms with Gasteiger partial charge >= 0.3 is 11.9 Å². The Kier molecular flexibility index (Phi) is 12.6. The number of aliphatic hydroxyl groups excluding tert-OH is 1. The minimum Gasteiger partial charge on any atom is -0.463 e. The standard InChI is InChI=1S/C19H28N2O4.C7H12O3/c1-3-4-19(24)25-13-17(22)12-20-15-5-7-16(8-6-15)21-10-9-14(2)11-18(21)23;1-2-3-7(8)10-5-6-4-9-6/h5-8,14,17,20,22H,3-4,9-13H2,1-2H3;6H,2-5H2,1H3. The van der Waals surface area contributed by atoms with E-state index in [0.717, 1.165) is 43.8 Å². The Morgan fingerprint density at radius 3 is 2.34 bits per heavy atom. The second kappa shape index (κ2) is 15.4. The predicted octanol–water partition coefficient (Wildman–Crippen LogP) is 3.29. The topological polar surface area (TPSA) is 118 Å². The monoisotopic (exact) mass is 492 g/mol. The van der Waals surface area contributed by atoms with Gasteiger partial charge in [-0.1, -0.05) is 20.8 Å². The number of hydrogen-bond acceptors (Lipinski definition) is 8. The summed E-state index contributed by atoms with van der Waals surface area (Å²) in [6.07, 6.45) is 3.54. The number of amides is 1. The van der Waals surface area contributed by atoms with Gasteiger partial charge in [-0.3, -0.25) is 14.4 Å². The zero-order valence-corrected chi connectivity index (χ0v) is 21.2. The van der Waals surface area contributed by atoms with Crippen LogP contribution in [0.4, 0.5) is 11.4 Å². The highest BCUT2D eigenvalue weighted by molar-refractivity contribution is 5.94. The molecule has 3 unspecified atom stereocenters. The second-order valence-electron chi connectivity index (χ2n) is 9.05. The van der Waals surface area contributed by atoms with Crippen molar-refractivity contribution in [2.24, 2.45) is 5.92 Å². The first-order valence-corrected chi connectivity index (χ1v) is 12.6. The fourth-order valence-corrected chi connectivity index (χ4v) is 3.40. The van der Waals surface area contributed by atoms with E-state index >= 15 is 0 Å². The highest BCUT2D eigenvalue weighted by Crippen LogP contribution is 2.25. The van der Waals surface area contributed by atoms with Crippen LogP contribution in [0.1, 0.15) is 59.3 Å². The summed E-state index contributed by atoms with van der Waals surface area (Å²) < 4.78 is 14.7. The van der Waals surface area contributed by atoms with E-state index in [1.807, 2.05) is 43.0 Å². The van der Waals surface area contributed by atoms with E-state index < -0.39 is 6.10 Å². The predicted molar refractivity (Wildman–Crippen MR) is 133 cm³/mol. The molecule has 0 saturated carbocycles. The Labute approximate surface area is 208 Å². The normalized spacial score (nSPS) is 19.8. The first kappa shape index (κ1) is 28.6. The van der Waals surface area contributed by atoms with Crippen LogP contribution in [0.25, 0.3) is 0 Å². The average molecular weight is 493 g/mol. The third kappa shape index (κ3) is 11.6. The molecule has 0 aliphatic carbocycles. The highest BCUT2D eigenvalue weighted by Gasteiger charge is 2.24. The summed E-state index contributed by atoms with van der Waals surface area (Å²) in [4.78, 5) is 35.9. The summed E-state index contributed by atoms with van der Waals surface area (Å²) in [5.41, 5.74) is 1.75. The molecule has 1 aromatic rings. The number of epoxide rings is 1. The average Bonchev–Trinajstić information content (AvgIpc) is 3.66. The van der Waals surface area contributed by atoms with Crippen molar-refractivity contribution in [3.8, 4) is 0 Å². The molecule has 9 nitrogen and oxygen atoms in total. The molecule has 9 heteroatoms. The van der Waals surface area contributed by atoms with Crippen molar-refractivity contribution in [1.82, 2.24) is 0 Å². The van der Waals surface area contributed by atoms with Crippen LogP contribution >= 0.6 is 0 Å². The molecule has 0 bridgehead atoms. The molecule has 2 heterocycles. The fraction of sp³-hybridized carbons (Fsp3) is 0.654. The Morgan fingerprint density at radius 2 is 1.77 bits per heavy atom. The number of nitrogens with zero attached hydrogens (tertiary/aromatic N) is 1. The number of esters is 2. The van der Waals surface area contributed by atoms with Crippen molar-refractivity contribution in [3.05, 3.63) is 24.3 Å². The minimum absolute atomic E-state index is 0.00954. The number of aliphatic hydroxyl groups is 1. The minimum atomic E-state index is -0.759. The summed E-state index contributed by atoms with van der Waals surface area (Å²) in [5.74, 6) is 0.228. The Bertz CT molecular complexity index is 795. The molecule has 35 heavy (non-hydrogen) atoms. The lowest BCUT2D eigenvalue weighted by Crippen LogP contribution is -2.38. The fourth-order valence-electron chi connectivity index (χ4n) is 3.40. The first-order chi connectivity index (χ1) is 16.8. The second-order valence-corrected chi connectivity index (χ2v) is 9.05. The molecule has 2 saturated heterocycles. The van der Waals surface area contributed by atoms with Crippen molar-refractivity contribution >= 4 is 29.2 Å². The van der Waals surface area contributed by atoms with Crippen LogP contribution in [0.15, 0.2) is 24.3 Å². The van der Waals surface area contributed by atoms with Crippen molar-refractivity contribution in [3.63, 3.8) is 0 Å². The van der Waals surface area contributed by atoms with Crippen molar-refractivity contribution < 1.29 is 33.7 Å². The molecule has 2 N–H and O–H groups in total. The van der Waals surface area contributed by atoms with E-state index in [-0.39, 0.29) is 30.6 Å². The summed E-state index contributed by atoms with van der Waals surface area (Å²) in [6, 6.07) is 7.58. The summed E-state index contributed by atoms with van der Waals surface area (Å²) >= 11 is 0. The summed E-state index contributed by atoms with van der Waals surface area (Å²) in [6.45, 7) is 8.19. The van der Waals surface area contributed by atoms with Gasteiger partial charge in [0.1, 0.15) is 25.4 Å². The van der Waals surface area contributed by atoms with Crippen LogP contribution in [0.5, 0.6) is 0 Å². The third-order valence-electron chi connectivity index (χ3n) is 5.57. The number of piperidine rings is 1. The van der Waals surface area contributed by atoms with Gasteiger partial charge in [-0.2, -0.15) is 0 Å². The number of carbonyl (C=O) groups is 3. The number of ether oxygens (including phenoxy) is 3. The van der Waals surface area contributed by atoms with Gasteiger partial charge in [-0.05, 0) is 49.4 Å². The highest BCUT2D eigenvalue weighted by atomic mass is 16.6. The lowest BCUT2D eigenvalue weighted by Gasteiger charge is -2.30. The van der Waals surface area contributed by atoms with Crippen LogP contribution in [0.3, 0.4) is 0 Å². The molecule has 2 fully saturated rings. The largest absolute Gasteiger partial charge is 0.463 e. The van der Waals surface area contributed by atoms with Crippen LogP contribution in [0, 0.1) is 5.92 Å². The number of nitrogens with one attached hydrogen (secondary N) is 1. The molecule has 196 valence electrons. The van der Waals surface area contributed by atoms with Crippen LogP contribution in [-0.4, -0.2) is 68.1 Å². The van der Waals surface area contributed by atoms with E-state index in [1.165, 1.54) is 0 Å². The molecule has 2 aliphatic heterocycles. The lowest BCUT2D eigenvalue weighted by atomic mass is 9.98. The zero-order valence-electron chi connectivity index (χ0n) is 21.2. The lowest BCUT2D eigenvalue weighted by molar-refractivity contribution is -0.146. The Balaban J connectivity index is 0.000000360. The van der Waals surface area contributed by atoms with Gasteiger partial charge in [0.15, 0.2) is 0 Å². The van der Waals surface area contributed by atoms with Crippen molar-refractivity contribution in [1.29, 1.82) is 0 Å². The molecule has 3 atom stereocenters. The number of rotatable bonds is 12. The molecular weight excluding hydrogens is 452 g/mol. The van der Waals surface area contributed by atoms with Crippen LogP contribution < -0.4 is 10.2 Å².